The Morgan fingerprint density at radius 3 is 2.52 bits per heavy atom. The van der Waals surface area contributed by atoms with Gasteiger partial charge in [0.25, 0.3) is 0 Å². The molecule has 0 amide bonds. The van der Waals surface area contributed by atoms with Crippen LogP contribution in [0.4, 0.5) is 8.78 Å². The van der Waals surface area contributed by atoms with E-state index in [2.05, 4.69) is 24.3 Å². The number of hydrogen-bond donors (Lipinski definition) is 1. The molecule has 1 N–H and O–H groups in total. The van der Waals surface area contributed by atoms with E-state index in [1.54, 1.807) is 4.68 Å². The summed E-state index contributed by atoms with van der Waals surface area (Å²) in [6, 6.07) is 3.80. The monoisotopic (exact) mass is 293 g/mol. The molecular weight excluding hydrogens is 272 g/mol. The first-order valence-corrected chi connectivity index (χ1v) is 7.33. The van der Waals surface area contributed by atoms with Crippen LogP contribution in [0.25, 0.3) is 0 Å². The molecule has 0 aliphatic rings. The van der Waals surface area contributed by atoms with E-state index in [1.165, 1.54) is 12.1 Å². The van der Waals surface area contributed by atoms with Crippen molar-refractivity contribution in [3.63, 3.8) is 0 Å². The molecule has 2 aromatic rings. The third kappa shape index (κ3) is 4.36. The van der Waals surface area contributed by atoms with Crippen molar-refractivity contribution in [2.45, 2.75) is 39.3 Å². The average Bonchev–Trinajstić information content (AvgIpc) is 2.87. The largest absolute Gasteiger partial charge is 0.310 e. The maximum absolute atomic E-state index is 13.2. The normalized spacial score (nSPS) is 12.6. The van der Waals surface area contributed by atoms with Crippen LogP contribution in [0.3, 0.4) is 0 Å². The molecule has 0 aliphatic carbocycles. The molecular formula is C16H21F2N3. The van der Waals surface area contributed by atoms with Gasteiger partial charge in [-0.15, -0.1) is 0 Å². The molecule has 3 nitrogen and oxygen atoms in total. The van der Waals surface area contributed by atoms with Gasteiger partial charge in [-0.25, -0.2) is 8.78 Å². The van der Waals surface area contributed by atoms with Crippen molar-refractivity contribution in [2.24, 2.45) is 0 Å². The van der Waals surface area contributed by atoms with Crippen LogP contribution in [0.5, 0.6) is 0 Å². The van der Waals surface area contributed by atoms with Crippen molar-refractivity contribution in [1.82, 2.24) is 15.1 Å². The minimum atomic E-state index is -0.562. The molecule has 1 atom stereocenters. The molecule has 0 spiro atoms. The van der Waals surface area contributed by atoms with Crippen LogP contribution < -0.4 is 5.32 Å². The van der Waals surface area contributed by atoms with Gasteiger partial charge in [-0.2, -0.15) is 5.10 Å². The van der Waals surface area contributed by atoms with Gasteiger partial charge in [0.1, 0.15) is 11.6 Å². The van der Waals surface area contributed by atoms with E-state index in [9.17, 15) is 8.78 Å². The van der Waals surface area contributed by atoms with Gasteiger partial charge >= 0.3 is 0 Å². The van der Waals surface area contributed by atoms with Gasteiger partial charge < -0.3 is 5.32 Å². The number of nitrogens with zero attached hydrogens (tertiary/aromatic N) is 2. The van der Waals surface area contributed by atoms with Crippen molar-refractivity contribution in [3.05, 3.63) is 53.4 Å². The fourth-order valence-corrected chi connectivity index (χ4v) is 2.35. The average molecular weight is 293 g/mol. The van der Waals surface area contributed by atoms with E-state index in [1.807, 2.05) is 12.4 Å². The van der Waals surface area contributed by atoms with Crippen LogP contribution in [0.15, 0.2) is 30.6 Å². The number of nitrogens with one attached hydrogen (secondary N) is 1. The summed E-state index contributed by atoms with van der Waals surface area (Å²) in [6.07, 6.45) is 5.79. The molecule has 0 bridgehead atoms. The molecule has 5 heteroatoms. The maximum Gasteiger partial charge on any atom is 0.126 e. The minimum Gasteiger partial charge on any atom is -0.310 e. The van der Waals surface area contributed by atoms with E-state index >= 15 is 0 Å². The number of aromatic nitrogens is 2. The second-order valence-electron chi connectivity index (χ2n) is 5.16. The molecule has 0 radical (unpaired) electrons. The third-order valence-electron chi connectivity index (χ3n) is 3.37. The topological polar surface area (TPSA) is 29.9 Å². The van der Waals surface area contributed by atoms with Crippen molar-refractivity contribution in [1.29, 1.82) is 0 Å². The zero-order valence-electron chi connectivity index (χ0n) is 12.4. The summed E-state index contributed by atoms with van der Waals surface area (Å²) in [5.41, 5.74) is 1.67. The van der Waals surface area contributed by atoms with Gasteiger partial charge in [-0.05, 0) is 37.1 Å². The van der Waals surface area contributed by atoms with E-state index in [-0.39, 0.29) is 6.04 Å². The van der Waals surface area contributed by atoms with Crippen molar-refractivity contribution in [3.8, 4) is 0 Å². The lowest BCUT2D eigenvalue weighted by molar-refractivity contribution is 0.517. The maximum atomic E-state index is 13.2. The quantitative estimate of drug-likeness (QED) is 0.844. The summed E-state index contributed by atoms with van der Waals surface area (Å²) in [4.78, 5) is 0. The van der Waals surface area contributed by atoms with Gasteiger partial charge in [-0.1, -0.05) is 13.8 Å². The summed E-state index contributed by atoms with van der Waals surface area (Å²) in [6.45, 7) is 5.56. The Hall–Kier alpha value is -1.75. The lowest BCUT2D eigenvalue weighted by Crippen LogP contribution is -2.21. The molecule has 0 saturated heterocycles. The van der Waals surface area contributed by atoms with Gasteiger partial charge in [0.05, 0.1) is 12.7 Å². The van der Waals surface area contributed by atoms with Gasteiger partial charge in [0, 0.05) is 23.9 Å². The zero-order chi connectivity index (χ0) is 15.2. The summed E-state index contributed by atoms with van der Waals surface area (Å²) in [5, 5.41) is 7.74. The number of hydrogen-bond acceptors (Lipinski definition) is 2. The molecule has 2 rings (SSSR count). The smallest absolute Gasteiger partial charge is 0.126 e. The van der Waals surface area contributed by atoms with Crippen LogP contribution in [0.2, 0.25) is 0 Å². The Balaban J connectivity index is 2.08. The molecule has 114 valence electrons. The number of rotatable bonds is 7. The first kappa shape index (κ1) is 15.6. The van der Waals surface area contributed by atoms with Crippen LogP contribution in [-0.4, -0.2) is 16.3 Å². The van der Waals surface area contributed by atoms with Gasteiger partial charge in [0.15, 0.2) is 0 Å². The van der Waals surface area contributed by atoms with E-state index < -0.39 is 11.6 Å². The number of halogens is 2. The highest BCUT2D eigenvalue weighted by Gasteiger charge is 2.11. The summed E-state index contributed by atoms with van der Waals surface area (Å²) in [7, 11) is 0. The lowest BCUT2D eigenvalue weighted by atomic mass is 10.1. The Bertz CT molecular complexity index is 560. The number of benzene rings is 1. The molecule has 0 saturated carbocycles. The third-order valence-corrected chi connectivity index (χ3v) is 3.37. The second kappa shape index (κ2) is 7.31. The zero-order valence-corrected chi connectivity index (χ0v) is 12.4. The highest BCUT2D eigenvalue weighted by atomic mass is 19.1. The lowest BCUT2D eigenvalue weighted by Gasteiger charge is -2.14. The molecule has 1 heterocycles. The SMILES string of the molecule is CCCNC(CC)c1cnn(Cc2cc(F)cc(F)c2)c1. The fraction of sp³-hybridized carbons (Fsp3) is 0.438. The van der Waals surface area contributed by atoms with E-state index in [0.717, 1.165) is 31.0 Å². The molecule has 0 fully saturated rings. The van der Waals surface area contributed by atoms with Crippen LogP contribution in [0.1, 0.15) is 43.9 Å². The Morgan fingerprint density at radius 2 is 1.90 bits per heavy atom. The highest BCUT2D eigenvalue weighted by molar-refractivity contribution is 5.19. The minimum absolute atomic E-state index is 0.267. The van der Waals surface area contributed by atoms with Crippen molar-refractivity contribution in [2.75, 3.05) is 6.54 Å². The molecule has 1 aromatic carbocycles. The van der Waals surface area contributed by atoms with Crippen molar-refractivity contribution >= 4 is 0 Å². The summed E-state index contributed by atoms with van der Waals surface area (Å²) in [5.74, 6) is -1.12. The standard InChI is InChI=1S/C16H21F2N3/c1-3-5-19-16(4-2)13-9-20-21(11-13)10-12-6-14(17)8-15(18)7-12/h6-9,11,16,19H,3-5,10H2,1-2H3. The molecule has 0 aliphatic heterocycles. The van der Waals surface area contributed by atoms with Gasteiger partial charge in [0.2, 0.25) is 0 Å². The summed E-state index contributed by atoms with van der Waals surface area (Å²) >= 11 is 0. The molecule has 1 aromatic heterocycles. The van der Waals surface area contributed by atoms with Crippen molar-refractivity contribution < 1.29 is 8.78 Å². The van der Waals surface area contributed by atoms with Gasteiger partial charge in [-0.3, -0.25) is 4.68 Å². The van der Waals surface area contributed by atoms with Crippen LogP contribution in [0, 0.1) is 11.6 Å². The summed E-state index contributed by atoms with van der Waals surface area (Å²) < 4.78 is 28.1. The predicted molar refractivity (Wildman–Crippen MR) is 79.0 cm³/mol. The van der Waals surface area contributed by atoms with Crippen LogP contribution in [-0.2, 0) is 6.54 Å². The van der Waals surface area contributed by atoms with E-state index in [4.69, 9.17) is 0 Å². The fourth-order valence-electron chi connectivity index (χ4n) is 2.35. The van der Waals surface area contributed by atoms with E-state index in [0.29, 0.717) is 12.1 Å². The molecule has 1 unspecified atom stereocenters. The highest BCUT2D eigenvalue weighted by Crippen LogP contribution is 2.16. The van der Waals surface area contributed by atoms with Crippen LogP contribution >= 0.6 is 0 Å². The Labute approximate surface area is 124 Å². The predicted octanol–water partition coefficient (Wildman–Crippen LogP) is 3.66. The molecule has 21 heavy (non-hydrogen) atoms. The first-order chi connectivity index (χ1) is 10.1. The first-order valence-electron chi connectivity index (χ1n) is 7.33. The Morgan fingerprint density at radius 1 is 1.19 bits per heavy atom. The second-order valence-corrected chi connectivity index (χ2v) is 5.16. The Kier molecular flexibility index (Phi) is 5.44.